The second-order valence-corrected chi connectivity index (χ2v) is 3.19. The van der Waals surface area contributed by atoms with E-state index in [-0.39, 0.29) is 0 Å². The van der Waals surface area contributed by atoms with E-state index in [1.54, 1.807) is 0 Å². The van der Waals surface area contributed by atoms with Crippen LogP contribution in [0.2, 0.25) is 0 Å². The average molecular weight is 147 g/mol. The molecule has 0 unspecified atom stereocenters. The molecule has 1 heterocycles. The molecule has 58 valence electrons. The number of aromatic nitrogens is 1. The van der Waals surface area contributed by atoms with Gasteiger partial charge in [0.2, 0.25) is 0 Å². The van der Waals surface area contributed by atoms with E-state index in [2.05, 4.69) is 18.0 Å². The summed E-state index contributed by atoms with van der Waals surface area (Å²) in [7, 11) is 0. The number of aryl methyl sites for hydroxylation is 1. The predicted molar refractivity (Wildman–Crippen MR) is 45.6 cm³/mol. The lowest BCUT2D eigenvalue weighted by molar-refractivity contribution is 0.643. The molecule has 1 aliphatic carbocycles. The van der Waals surface area contributed by atoms with Crippen molar-refractivity contribution in [3.05, 3.63) is 29.6 Å². The van der Waals surface area contributed by atoms with Crippen LogP contribution in [0.1, 0.15) is 36.9 Å². The number of rotatable bonds is 1. The summed E-state index contributed by atoms with van der Waals surface area (Å²) in [6.07, 6.45) is 5.70. The maximum atomic E-state index is 4.41. The van der Waals surface area contributed by atoms with E-state index in [1.807, 2.05) is 12.3 Å². The van der Waals surface area contributed by atoms with E-state index in [0.717, 1.165) is 5.92 Å². The second kappa shape index (κ2) is 2.65. The van der Waals surface area contributed by atoms with Gasteiger partial charge in [-0.3, -0.25) is 4.98 Å². The van der Waals surface area contributed by atoms with Crippen molar-refractivity contribution in [2.75, 3.05) is 0 Å². The first kappa shape index (κ1) is 6.84. The molecule has 1 nitrogen and oxygen atoms in total. The van der Waals surface area contributed by atoms with Gasteiger partial charge in [-0.1, -0.05) is 13.0 Å². The molecule has 0 N–H and O–H groups in total. The minimum Gasteiger partial charge on any atom is -0.261 e. The summed E-state index contributed by atoms with van der Waals surface area (Å²) in [5.41, 5.74) is 2.83. The molecule has 0 amide bonds. The van der Waals surface area contributed by atoms with Gasteiger partial charge in [0, 0.05) is 17.8 Å². The van der Waals surface area contributed by atoms with Crippen LogP contribution in [0.15, 0.2) is 18.3 Å². The normalized spacial score (nSPS) is 21.7. The molecular weight excluding hydrogens is 134 g/mol. The maximum absolute atomic E-state index is 4.41. The fourth-order valence-corrected chi connectivity index (χ4v) is 1.89. The Morgan fingerprint density at radius 3 is 3.36 bits per heavy atom. The van der Waals surface area contributed by atoms with Crippen LogP contribution in [0.4, 0.5) is 0 Å². The fraction of sp³-hybridized carbons (Fsp3) is 0.500. The van der Waals surface area contributed by atoms with Gasteiger partial charge in [0.1, 0.15) is 0 Å². The summed E-state index contributed by atoms with van der Waals surface area (Å²) in [6.45, 7) is 2.24. The van der Waals surface area contributed by atoms with Crippen LogP contribution in [-0.4, -0.2) is 4.98 Å². The van der Waals surface area contributed by atoms with Gasteiger partial charge in [0.05, 0.1) is 0 Å². The predicted octanol–water partition coefficient (Wildman–Crippen LogP) is 2.52. The van der Waals surface area contributed by atoms with Crippen LogP contribution in [0.3, 0.4) is 0 Å². The van der Waals surface area contributed by atoms with Crippen molar-refractivity contribution in [1.82, 2.24) is 4.98 Å². The number of fused-ring (bicyclic) bond motifs is 1. The molecule has 0 aliphatic heterocycles. The number of hydrogen-bond donors (Lipinski definition) is 0. The lowest BCUT2D eigenvalue weighted by Crippen LogP contribution is -1.93. The Morgan fingerprint density at radius 1 is 1.64 bits per heavy atom. The summed E-state index contributed by atoms with van der Waals surface area (Å²) >= 11 is 0. The van der Waals surface area contributed by atoms with Crippen molar-refractivity contribution >= 4 is 0 Å². The molecule has 1 aromatic rings. The molecule has 0 bridgehead atoms. The molecular formula is C10H13N. The molecule has 0 radical (unpaired) electrons. The van der Waals surface area contributed by atoms with E-state index in [9.17, 15) is 0 Å². The van der Waals surface area contributed by atoms with Gasteiger partial charge in [0.25, 0.3) is 0 Å². The summed E-state index contributed by atoms with van der Waals surface area (Å²) in [5, 5.41) is 0. The van der Waals surface area contributed by atoms with Gasteiger partial charge in [-0.25, -0.2) is 0 Å². The first-order valence-electron chi connectivity index (χ1n) is 4.35. The molecule has 2 rings (SSSR count). The Morgan fingerprint density at radius 2 is 2.55 bits per heavy atom. The van der Waals surface area contributed by atoms with Crippen molar-refractivity contribution in [3.63, 3.8) is 0 Å². The van der Waals surface area contributed by atoms with Crippen LogP contribution in [0.25, 0.3) is 0 Å². The van der Waals surface area contributed by atoms with E-state index in [1.165, 1.54) is 30.5 Å². The van der Waals surface area contributed by atoms with Crippen LogP contribution < -0.4 is 0 Å². The zero-order valence-electron chi connectivity index (χ0n) is 6.88. The van der Waals surface area contributed by atoms with Crippen molar-refractivity contribution in [2.45, 2.75) is 32.1 Å². The molecule has 11 heavy (non-hydrogen) atoms. The van der Waals surface area contributed by atoms with Gasteiger partial charge in [-0.05, 0) is 30.9 Å². The topological polar surface area (TPSA) is 12.9 Å². The van der Waals surface area contributed by atoms with Gasteiger partial charge in [-0.2, -0.15) is 0 Å². The Labute approximate surface area is 67.5 Å². The zero-order valence-corrected chi connectivity index (χ0v) is 6.88. The third kappa shape index (κ3) is 1.05. The van der Waals surface area contributed by atoms with E-state index in [4.69, 9.17) is 0 Å². The third-order valence-electron chi connectivity index (χ3n) is 2.57. The number of pyridine rings is 1. The molecule has 1 atom stereocenters. The van der Waals surface area contributed by atoms with Crippen molar-refractivity contribution < 1.29 is 0 Å². The van der Waals surface area contributed by atoms with Crippen LogP contribution >= 0.6 is 0 Å². The highest BCUT2D eigenvalue weighted by Gasteiger charge is 2.20. The highest BCUT2D eigenvalue weighted by atomic mass is 14.7. The van der Waals surface area contributed by atoms with Gasteiger partial charge in [-0.15, -0.1) is 0 Å². The average Bonchev–Trinajstić information content (AvgIpc) is 2.47. The molecule has 1 aliphatic rings. The maximum Gasteiger partial charge on any atom is 0.0466 e. The summed E-state index contributed by atoms with van der Waals surface area (Å²) in [6, 6.07) is 4.24. The van der Waals surface area contributed by atoms with Crippen molar-refractivity contribution in [1.29, 1.82) is 0 Å². The van der Waals surface area contributed by atoms with E-state index in [0.29, 0.717) is 0 Å². The summed E-state index contributed by atoms with van der Waals surface area (Å²) in [4.78, 5) is 4.41. The Kier molecular flexibility index (Phi) is 1.65. The zero-order chi connectivity index (χ0) is 7.68. The Hall–Kier alpha value is -0.850. The summed E-state index contributed by atoms with van der Waals surface area (Å²) < 4.78 is 0. The lowest BCUT2D eigenvalue weighted by Gasteiger charge is -2.04. The third-order valence-corrected chi connectivity index (χ3v) is 2.57. The van der Waals surface area contributed by atoms with Crippen LogP contribution in [-0.2, 0) is 6.42 Å². The molecule has 0 spiro atoms. The van der Waals surface area contributed by atoms with Crippen molar-refractivity contribution in [3.8, 4) is 0 Å². The minimum absolute atomic E-state index is 0.742. The molecule has 1 aromatic heterocycles. The minimum atomic E-state index is 0.742. The van der Waals surface area contributed by atoms with E-state index >= 15 is 0 Å². The molecule has 0 saturated heterocycles. The SMILES string of the molecule is CC[C@H]1CCc2cccnc21. The van der Waals surface area contributed by atoms with Gasteiger partial charge < -0.3 is 0 Å². The molecule has 0 saturated carbocycles. The Bertz CT molecular complexity index is 255. The van der Waals surface area contributed by atoms with Gasteiger partial charge in [0.15, 0.2) is 0 Å². The molecule has 0 aromatic carbocycles. The van der Waals surface area contributed by atoms with Crippen molar-refractivity contribution in [2.24, 2.45) is 0 Å². The van der Waals surface area contributed by atoms with Gasteiger partial charge >= 0.3 is 0 Å². The first-order valence-corrected chi connectivity index (χ1v) is 4.35. The number of hydrogen-bond acceptors (Lipinski definition) is 1. The molecule has 1 heteroatoms. The van der Waals surface area contributed by atoms with E-state index < -0.39 is 0 Å². The number of nitrogens with zero attached hydrogens (tertiary/aromatic N) is 1. The fourth-order valence-electron chi connectivity index (χ4n) is 1.89. The van der Waals surface area contributed by atoms with Crippen LogP contribution in [0.5, 0.6) is 0 Å². The summed E-state index contributed by atoms with van der Waals surface area (Å²) in [5.74, 6) is 0.742. The first-order chi connectivity index (χ1) is 5.42. The second-order valence-electron chi connectivity index (χ2n) is 3.19. The highest BCUT2D eigenvalue weighted by molar-refractivity contribution is 5.28. The molecule has 0 fully saturated rings. The van der Waals surface area contributed by atoms with Crippen LogP contribution in [0, 0.1) is 0 Å². The lowest BCUT2D eigenvalue weighted by atomic mass is 10.0. The quantitative estimate of drug-likeness (QED) is 0.594. The standard InChI is InChI=1S/C10H13N/c1-2-8-5-6-9-4-3-7-11-10(8)9/h3-4,7-8H,2,5-6H2,1H3/t8-/m0/s1. The monoisotopic (exact) mass is 147 g/mol. The Balaban J connectivity index is 2.39. The largest absolute Gasteiger partial charge is 0.261 e. The smallest absolute Gasteiger partial charge is 0.0466 e. The highest BCUT2D eigenvalue weighted by Crippen LogP contribution is 2.32.